The zero-order valence-corrected chi connectivity index (χ0v) is 6.57. The van der Waals surface area contributed by atoms with E-state index in [1.165, 1.54) is 0 Å². The number of nitrogens with zero attached hydrogens (tertiary/aromatic N) is 3. The molecule has 0 aliphatic carbocycles. The number of rotatable bonds is 1. The highest BCUT2D eigenvalue weighted by atomic mass is 14.9. The summed E-state index contributed by atoms with van der Waals surface area (Å²) in [6.45, 7) is 1.94. The molecule has 2 rings (SSSR count). The zero-order chi connectivity index (χ0) is 8.39. The molecular formula is C8H7N4. The van der Waals surface area contributed by atoms with Crippen LogP contribution in [-0.2, 0) is 0 Å². The smallest absolute Gasteiger partial charge is 0.198 e. The summed E-state index contributed by atoms with van der Waals surface area (Å²) >= 11 is 0. The number of H-pyrrole nitrogens is 1. The van der Waals surface area contributed by atoms with Crippen molar-refractivity contribution >= 4 is 0 Å². The van der Waals surface area contributed by atoms with Crippen LogP contribution in [-0.4, -0.2) is 19.9 Å². The Kier molecular flexibility index (Phi) is 1.59. The number of aromatic nitrogens is 4. The lowest BCUT2D eigenvalue weighted by atomic mass is 10.2. The zero-order valence-electron chi connectivity index (χ0n) is 6.57. The van der Waals surface area contributed by atoms with Crippen LogP contribution in [0.4, 0.5) is 0 Å². The third kappa shape index (κ3) is 1.07. The van der Waals surface area contributed by atoms with Gasteiger partial charge in [0.25, 0.3) is 0 Å². The van der Waals surface area contributed by atoms with E-state index in [2.05, 4.69) is 26.3 Å². The van der Waals surface area contributed by atoms with Gasteiger partial charge in [-0.1, -0.05) is 0 Å². The van der Waals surface area contributed by atoms with E-state index >= 15 is 0 Å². The van der Waals surface area contributed by atoms with Gasteiger partial charge < -0.3 is 4.98 Å². The number of aryl methyl sites for hydroxylation is 1. The van der Waals surface area contributed by atoms with Gasteiger partial charge in [-0.05, 0) is 12.5 Å². The van der Waals surface area contributed by atoms with Crippen LogP contribution in [0.1, 0.15) is 5.56 Å². The van der Waals surface area contributed by atoms with Gasteiger partial charge >= 0.3 is 0 Å². The highest BCUT2D eigenvalue weighted by molar-refractivity contribution is 5.52. The molecule has 0 spiro atoms. The summed E-state index contributed by atoms with van der Waals surface area (Å²) in [7, 11) is 0. The van der Waals surface area contributed by atoms with Crippen LogP contribution in [0.2, 0.25) is 0 Å². The molecule has 59 valence electrons. The van der Waals surface area contributed by atoms with Gasteiger partial charge in [-0.25, -0.2) is 15.0 Å². The van der Waals surface area contributed by atoms with E-state index in [1.807, 2.05) is 6.92 Å². The first-order valence-corrected chi connectivity index (χ1v) is 3.57. The fourth-order valence-corrected chi connectivity index (χ4v) is 0.988. The minimum absolute atomic E-state index is 0.756. The Morgan fingerprint density at radius 1 is 1.50 bits per heavy atom. The lowest BCUT2D eigenvalue weighted by Crippen LogP contribution is -1.90. The summed E-state index contributed by atoms with van der Waals surface area (Å²) in [5.41, 5.74) is 1.79. The van der Waals surface area contributed by atoms with E-state index in [1.54, 1.807) is 18.6 Å². The van der Waals surface area contributed by atoms with Crippen molar-refractivity contribution in [2.45, 2.75) is 6.92 Å². The van der Waals surface area contributed by atoms with Gasteiger partial charge in [0.2, 0.25) is 0 Å². The summed E-state index contributed by atoms with van der Waals surface area (Å²) in [5, 5.41) is 0. The first-order valence-electron chi connectivity index (χ1n) is 3.57. The fourth-order valence-electron chi connectivity index (χ4n) is 0.988. The SMILES string of the molecule is Cc1cn[c]nc1-c1ncc[nH]1. The van der Waals surface area contributed by atoms with E-state index in [0.29, 0.717) is 0 Å². The largest absolute Gasteiger partial charge is 0.343 e. The van der Waals surface area contributed by atoms with Crippen LogP contribution in [0.5, 0.6) is 0 Å². The van der Waals surface area contributed by atoms with Crippen molar-refractivity contribution in [3.8, 4) is 11.5 Å². The molecule has 0 aliphatic rings. The van der Waals surface area contributed by atoms with E-state index in [9.17, 15) is 0 Å². The van der Waals surface area contributed by atoms with Crippen LogP contribution in [0.25, 0.3) is 11.5 Å². The van der Waals surface area contributed by atoms with Gasteiger partial charge in [0.15, 0.2) is 12.2 Å². The van der Waals surface area contributed by atoms with Gasteiger partial charge in [0.05, 0.1) is 0 Å². The summed E-state index contributed by atoms with van der Waals surface area (Å²) in [6, 6.07) is 0. The minimum Gasteiger partial charge on any atom is -0.343 e. The molecule has 0 saturated carbocycles. The Bertz CT molecular complexity index is 366. The lowest BCUT2D eigenvalue weighted by Gasteiger charge is -1.97. The van der Waals surface area contributed by atoms with Gasteiger partial charge in [-0.3, -0.25) is 0 Å². The second-order valence-corrected chi connectivity index (χ2v) is 2.44. The molecule has 0 aromatic carbocycles. The molecule has 0 saturated heterocycles. The quantitative estimate of drug-likeness (QED) is 0.674. The highest BCUT2D eigenvalue weighted by Gasteiger charge is 2.03. The standard InChI is InChI=1S/C8H7N4/c1-6-4-9-5-12-7(6)8-10-2-3-11-8/h2-4H,1H3,(H,10,11). The minimum atomic E-state index is 0.756. The van der Waals surface area contributed by atoms with Crippen LogP contribution >= 0.6 is 0 Å². The summed E-state index contributed by atoms with van der Waals surface area (Å²) in [5.74, 6) is 0.756. The summed E-state index contributed by atoms with van der Waals surface area (Å²) in [4.78, 5) is 14.8. The maximum atomic E-state index is 4.08. The monoisotopic (exact) mass is 159 g/mol. The van der Waals surface area contributed by atoms with Crippen LogP contribution < -0.4 is 0 Å². The maximum Gasteiger partial charge on any atom is 0.198 e. The van der Waals surface area contributed by atoms with Crippen LogP contribution in [0.15, 0.2) is 18.6 Å². The topological polar surface area (TPSA) is 54.5 Å². The number of aromatic amines is 1. The first-order chi connectivity index (χ1) is 5.88. The molecule has 2 heterocycles. The maximum absolute atomic E-state index is 4.08. The second kappa shape index (κ2) is 2.73. The van der Waals surface area contributed by atoms with Crippen molar-refractivity contribution in [1.82, 2.24) is 19.9 Å². The molecule has 4 heteroatoms. The molecule has 1 N–H and O–H groups in total. The molecule has 0 amide bonds. The van der Waals surface area contributed by atoms with Crippen LogP contribution in [0, 0.1) is 13.3 Å². The van der Waals surface area contributed by atoms with Crippen molar-refractivity contribution < 1.29 is 0 Å². The summed E-state index contributed by atoms with van der Waals surface area (Å²) < 4.78 is 0. The molecule has 12 heavy (non-hydrogen) atoms. The highest BCUT2D eigenvalue weighted by Crippen LogP contribution is 2.13. The Hall–Kier alpha value is -1.71. The Morgan fingerprint density at radius 2 is 2.42 bits per heavy atom. The molecular weight excluding hydrogens is 152 g/mol. The molecule has 0 atom stereocenters. The number of imidazole rings is 1. The Labute approximate surface area is 69.7 Å². The van der Waals surface area contributed by atoms with Gasteiger partial charge in [0.1, 0.15) is 5.69 Å². The third-order valence-corrected chi connectivity index (χ3v) is 1.57. The van der Waals surface area contributed by atoms with E-state index in [-0.39, 0.29) is 0 Å². The number of hydrogen-bond donors (Lipinski definition) is 1. The van der Waals surface area contributed by atoms with E-state index < -0.39 is 0 Å². The first kappa shape index (κ1) is 6.97. The average molecular weight is 159 g/mol. The molecule has 2 aromatic heterocycles. The van der Waals surface area contributed by atoms with E-state index in [0.717, 1.165) is 17.1 Å². The fraction of sp³-hybridized carbons (Fsp3) is 0.125. The predicted molar refractivity (Wildman–Crippen MR) is 43.2 cm³/mol. The van der Waals surface area contributed by atoms with Gasteiger partial charge in [0, 0.05) is 18.6 Å². The van der Waals surface area contributed by atoms with Crippen LogP contribution in [0.3, 0.4) is 0 Å². The Morgan fingerprint density at radius 3 is 3.08 bits per heavy atom. The molecule has 0 unspecified atom stereocenters. The third-order valence-electron chi connectivity index (χ3n) is 1.57. The van der Waals surface area contributed by atoms with Crippen molar-refractivity contribution in [2.24, 2.45) is 0 Å². The predicted octanol–water partition coefficient (Wildman–Crippen LogP) is 0.975. The second-order valence-electron chi connectivity index (χ2n) is 2.44. The van der Waals surface area contributed by atoms with Crippen molar-refractivity contribution in [3.63, 3.8) is 0 Å². The average Bonchev–Trinajstić information content (AvgIpc) is 2.57. The molecule has 2 aromatic rings. The summed E-state index contributed by atoms with van der Waals surface area (Å²) in [6.07, 6.45) is 7.70. The molecule has 0 aliphatic heterocycles. The number of hydrogen-bond acceptors (Lipinski definition) is 3. The van der Waals surface area contributed by atoms with Gasteiger partial charge in [-0.2, -0.15) is 0 Å². The van der Waals surface area contributed by atoms with Crippen molar-refractivity contribution in [2.75, 3.05) is 0 Å². The Balaban J connectivity index is 2.55. The molecule has 1 radical (unpaired) electrons. The van der Waals surface area contributed by atoms with Crippen molar-refractivity contribution in [3.05, 3.63) is 30.5 Å². The molecule has 0 fully saturated rings. The normalized spacial score (nSPS) is 10.1. The molecule has 0 bridgehead atoms. The van der Waals surface area contributed by atoms with Gasteiger partial charge in [-0.15, -0.1) is 0 Å². The lowest BCUT2D eigenvalue weighted by molar-refractivity contribution is 1.09. The number of nitrogens with one attached hydrogen (secondary N) is 1. The van der Waals surface area contributed by atoms with Crippen molar-refractivity contribution in [1.29, 1.82) is 0 Å². The van der Waals surface area contributed by atoms with E-state index in [4.69, 9.17) is 0 Å². The molecule has 4 nitrogen and oxygen atoms in total.